The predicted molar refractivity (Wildman–Crippen MR) is 93.2 cm³/mol. The Bertz CT molecular complexity index is 671. The van der Waals surface area contributed by atoms with Gasteiger partial charge in [-0.1, -0.05) is 53.0 Å². The van der Waals surface area contributed by atoms with Crippen LogP contribution in [0.4, 0.5) is 0 Å². The molecule has 122 valence electrons. The van der Waals surface area contributed by atoms with Crippen LogP contribution >= 0.6 is 27.7 Å². The summed E-state index contributed by atoms with van der Waals surface area (Å²) in [6.45, 7) is 0. The van der Waals surface area contributed by atoms with Crippen LogP contribution in [0.1, 0.15) is 32.1 Å². The van der Waals surface area contributed by atoms with Gasteiger partial charge in [-0.25, -0.2) is 0 Å². The minimum Gasteiger partial charge on any atom is -0.411 e. The van der Waals surface area contributed by atoms with Gasteiger partial charge >= 0.3 is 0 Å². The lowest BCUT2D eigenvalue weighted by molar-refractivity contribution is -0.119. The smallest absolute Gasteiger partial charge is 0.277 e. The summed E-state index contributed by atoms with van der Waals surface area (Å²) in [6.07, 6.45) is 5.87. The highest BCUT2D eigenvalue weighted by atomic mass is 79.9. The maximum atomic E-state index is 12.0. The van der Waals surface area contributed by atoms with Crippen LogP contribution in [0.3, 0.4) is 0 Å². The van der Waals surface area contributed by atoms with Gasteiger partial charge in [0.1, 0.15) is 0 Å². The lowest BCUT2D eigenvalue weighted by atomic mass is 9.95. The summed E-state index contributed by atoms with van der Waals surface area (Å²) in [5.41, 5.74) is 0.852. The van der Waals surface area contributed by atoms with E-state index >= 15 is 0 Å². The zero-order valence-corrected chi connectivity index (χ0v) is 15.0. The maximum Gasteiger partial charge on any atom is 0.277 e. The average Bonchev–Trinajstić information content (AvgIpc) is 3.03. The van der Waals surface area contributed by atoms with Crippen LogP contribution in [0.15, 0.2) is 38.4 Å². The van der Waals surface area contributed by atoms with Crippen molar-refractivity contribution in [3.63, 3.8) is 0 Å². The molecule has 1 aliphatic carbocycles. The van der Waals surface area contributed by atoms with E-state index in [-0.39, 0.29) is 5.91 Å². The van der Waals surface area contributed by atoms with Crippen molar-refractivity contribution >= 4 is 33.6 Å². The minimum absolute atomic E-state index is 0.0316. The molecular formula is C16H18BrN3O2S. The molecule has 0 aliphatic heterocycles. The number of hydrogen-bond acceptors (Lipinski definition) is 5. The van der Waals surface area contributed by atoms with Crippen LogP contribution in [0.5, 0.6) is 0 Å². The van der Waals surface area contributed by atoms with Crippen LogP contribution in [-0.4, -0.2) is 27.9 Å². The molecule has 1 fully saturated rings. The monoisotopic (exact) mass is 395 g/mol. The van der Waals surface area contributed by atoms with E-state index in [9.17, 15) is 4.79 Å². The van der Waals surface area contributed by atoms with E-state index in [4.69, 9.17) is 4.42 Å². The van der Waals surface area contributed by atoms with Gasteiger partial charge in [0.05, 0.1) is 5.75 Å². The Morgan fingerprint density at radius 2 is 2.13 bits per heavy atom. The molecule has 1 aromatic carbocycles. The van der Waals surface area contributed by atoms with Gasteiger partial charge in [0.25, 0.3) is 5.22 Å². The molecule has 0 radical (unpaired) electrons. The van der Waals surface area contributed by atoms with Gasteiger partial charge in [0, 0.05) is 16.1 Å². The van der Waals surface area contributed by atoms with E-state index < -0.39 is 0 Å². The normalized spacial score (nSPS) is 15.5. The highest BCUT2D eigenvalue weighted by molar-refractivity contribution is 9.10. The van der Waals surface area contributed by atoms with Crippen molar-refractivity contribution in [1.82, 2.24) is 15.5 Å². The fourth-order valence-electron chi connectivity index (χ4n) is 2.65. The maximum absolute atomic E-state index is 12.0. The van der Waals surface area contributed by atoms with E-state index in [0.717, 1.165) is 22.9 Å². The number of carbonyl (C=O) groups excluding carboxylic acids is 1. The molecule has 0 unspecified atom stereocenters. The van der Waals surface area contributed by atoms with E-state index in [1.54, 1.807) is 0 Å². The fraction of sp³-hybridized carbons (Fsp3) is 0.438. The summed E-state index contributed by atoms with van der Waals surface area (Å²) in [6, 6.07) is 8.00. The third-order valence-electron chi connectivity index (χ3n) is 3.78. The molecule has 1 amide bonds. The zero-order chi connectivity index (χ0) is 16.1. The molecule has 1 aromatic heterocycles. The number of carbonyl (C=O) groups is 1. The number of amides is 1. The molecule has 1 saturated carbocycles. The summed E-state index contributed by atoms with van der Waals surface area (Å²) >= 11 is 4.69. The topological polar surface area (TPSA) is 68.0 Å². The van der Waals surface area contributed by atoms with Crippen molar-refractivity contribution < 1.29 is 9.21 Å². The minimum atomic E-state index is 0.0316. The van der Waals surface area contributed by atoms with Gasteiger partial charge in [-0.2, -0.15) is 0 Å². The molecule has 3 rings (SSSR count). The first-order valence-corrected chi connectivity index (χ1v) is 9.50. The van der Waals surface area contributed by atoms with Crippen LogP contribution < -0.4 is 5.32 Å². The SMILES string of the molecule is O=C(CSc1nnc(-c2cccc(Br)c2)o1)NC1CCCCC1. The molecule has 7 heteroatoms. The first-order chi connectivity index (χ1) is 11.2. The number of halogens is 1. The average molecular weight is 396 g/mol. The largest absolute Gasteiger partial charge is 0.411 e. The summed E-state index contributed by atoms with van der Waals surface area (Å²) < 4.78 is 6.56. The predicted octanol–water partition coefficient (Wildman–Crippen LogP) is 4.04. The van der Waals surface area contributed by atoms with Gasteiger partial charge in [0.2, 0.25) is 11.8 Å². The second-order valence-corrected chi connectivity index (χ2v) is 7.42. The van der Waals surface area contributed by atoms with Gasteiger partial charge in [0.15, 0.2) is 0 Å². The summed E-state index contributed by atoms with van der Waals surface area (Å²) in [7, 11) is 0. The third-order valence-corrected chi connectivity index (χ3v) is 5.09. The van der Waals surface area contributed by atoms with Crippen molar-refractivity contribution in [2.75, 3.05) is 5.75 Å². The van der Waals surface area contributed by atoms with Crippen LogP contribution in [0.25, 0.3) is 11.5 Å². The highest BCUT2D eigenvalue weighted by Crippen LogP contribution is 2.25. The van der Waals surface area contributed by atoms with Gasteiger partial charge < -0.3 is 9.73 Å². The first-order valence-electron chi connectivity index (χ1n) is 7.72. The highest BCUT2D eigenvalue weighted by Gasteiger charge is 2.17. The molecular weight excluding hydrogens is 378 g/mol. The van der Waals surface area contributed by atoms with Crippen molar-refractivity contribution in [2.45, 2.75) is 43.4 Å². The molecule has 23 heavy (non-hydrogen) atoms. The second-order valence-electron chi connectivity index (χ2n) is 5.57. The Morgan fingerprint density at radius 1 is 1.30 bits per heavy atom. The number of nitrogens with zero attached hydrogens (tertiary/aromatic N) is 2. The zero-order valence-electron chi connectivity index (χ0n) is 12.6. The number of aromatic nitrogens is 2. The van der Waals surface area contributed by atoms with Gasteiger partial charge in [-0.15, -0.1) is 10.2 Å². The standard InChI is InChI=1S/C16H18BrN3O2S/c17-12-6-4-5-11(9-12)15-19-20-16(22-15)23-10-14(21)18-13-7-2-1-3-8-13/h4-6,9,13H,1-3,7-8,10H2,(H,18,21). The van der Waals surface area contributed by atoms with E-state index in [1.807, 2.05) is 24.3 Å². The Labute approximate surface area is 147 Å². The van der Waals surface area contributed by atoms with Crippen molar-refractivity contribution in [3.05, 3.63) is 28.7 Å². The summed E-state index contributed by atoms with van der Waals surface area (Å²) in [5.74, 6) is 0.793. The fourth-order valence-corrected chi connectivity index (χ4v) is 3.62. The Balaban J connectivity index is 1.52. The molecule has 5 nitrogen and oxygen atoms in total. The van der Waals surface area contributed by atoms with E-state index in [1.165, 1.54) is 31.0 Å². The molecule has 2 aromatic rings. The Kier molecular flexibility index (Phi) is 5.72. The van der Waals surface area contributed by atoms with E-state index in [0.29, 0.717) is 22.9 Å². The molecule has 1 N–H and O–H groups in total. The van der Waals surface area contributed by atoms with Gasteiger partial charge in [-0.3, -0.25) is 4.79 Å². The first kappa shape index (κ1) is 16.5. The van der Waals surface area contributed by atoms with E-state index in [2.05, 4.69) is 31.4 Å². The summed E-state index contributed by atoms with van der Waals surface area (Å²) in [4.78, 5) is 12.0. The molecule has 0 spiro atoms. The second kappa shape index (κ2) is 7.97. The van der Waals surface area contributed by atoms with Gasteiger partial charge in [-0.05, 0) is 31.0 Å². The molecule has 0 bridgehead atoms. The number of thioether (sulfide) groups is 1. The number of nitrogens with one attached hydrogen (secondary N) is 1. The lowest BCUT2D eigenvalue weighted by Crippen LogP contribution is -2.37. The van der Waals surface area contributed by atoms with Crippen LogP contribution in [0, 0.1) is 0 Å². The van der Waals surface area contributed by atoms with Crippen LogP contribution in [0.2, 0.25) is 0 Å². The Morgan fingerprint density at radius 3 is 2.91 bits per heavy atom. The lowest BCUT2D eigenvalue weighted by Gasteiger charge is -2.22. The number of hydrogen-bond donors (Lipinski definition) is 1. The van der Waals surface area contributed by atoms with Crippen LogP contribution in [-0.2, 0) is 4.79 Å². The summed E-state index contributed by atoms with van der Waals surface area (Å²) in [5, 5.41) is 11.5. The number of benzene rings is 1. The Hall–Kier alpha value is -1.34. The molecule has 0 atom stereocenters. The quantitative estimate of drug-likeness (QED) is 0.773. The molecule has 1 aliphatic rings. The van der Waals surface area contributed by atoms with Crippen molar-refractivity contribution in [3.8, 4) is 11.5 Å². The molecule has 1 heterocycles. The van der Waals surface area contributed by atoms with Crippen molar-refractivity contribution in [2.24, 2.45) is 0 Å². The van der Waals surface area contributed by atoms with Crippen molar-refractivity contribution in [1.29, 1.82) is 0 Å². The third kappa shape index (κ3) is 4.81. The number of rotatable bonds is 5. The molecule has 0 saturated heterocycles.